The Kier molecular flexibility index (Phi) is 7.93. The lowest BCUT2D eigenvalue weighted by atomic mass is 9.55. The molecule has 1 unspecified atom stereocenters. The van der Waals surface area contributed by atoms with E-state index in [1.807, 2.05) is 72.8 Å². The van der Waals surface area contributed by atoms with Crippen LogP contribution in [-0.4, -0.2) is 52.7 Å². The molecule has 220 valence electrons. The summed E-state index contributed by atoms with van der Waals surface area (Å²) in [5, 5.41) is 14.8. The Bertz CT molecular complexity index is 1430. The van der Waals surface area contributed by atoms with Crippen molar-refractivity contribution in [3.63, 3.8) is 0 Å². The number of alkyl carbamates (subject to hydrolysis) is 1. The van der Waals surface area contributed by atoms with Crippen LogP contribution in [0, 0.1) is 23.7 Å². The average Bonchev–Trinajstić information content (AvgIpc) is 2.96. The van der Waals surface area contributed by atoms with Crippen molar-refractivity contribution in [3.05, 3.63) is 83.9 Å². The topological polar surface area (TPSA) is 95.9 Å². The zero-order valence-electron chi connectivity index (χ0n) is 24.2. The molecule has 0 aliphatic heterocycles. The maximum Gasteiger partial charge on any atom is 0.408 e. The Balaban J connectivity index is 1.25. The smallest absolute Gasteiger partial charge is 0.408 e. The lowest BCUT2D eigenvalue weighted by Crippen LogP contribution is -2.61. The second-order valence-electron chi connectivity index (χ2n) is 13.0. The Hall–Kier alpha value is -3.87. The predicted octanol–water partition coefficient (Wildman–Crippen LogP) is 5.85. The van der Waals surface area contributed by atoms with Crippen molar-refractivity contribution in [2.45, 2.75) is 63.5 Å². The van der Waals surface area contributed by atoms with E-state index in [0.29, 0.717) is 18.3 Å². The van der Waals surface area contributed by atoms with Gasteiger partial charge in [0.2, 0.25) is 5.91 Å². The Morgan fingerprint density at radius 3 is 2.17 bits per heavy atom. The molecule has 7 nitrogen and oxygen atoms in total. The van der Waals surface area contributed by atoms with Gasteiger partial charge in [0.05, 0.1) is 0 Å². The summed E-state index contributed by atoms with van der Waals surface area (Å²) >= 11 is 0. The minimum Gasteiger partial charge on any atom is -0.480 e. The standard InChI is InChI=1S/C35H40N2O5/c1-35(21-24-11-12-27-9-5-6-10-28(27)16-24,33(40)37(22-31(38)39)14-13-23-7-3-2-4-8-23)36-34(41)42-32-29-17-25-15-26(19-29)20-30(32)18-25/h2-12,16,25-26,29-30,32H,13-15,17-22H2,1H3,(H,36,41)(H,38,39). The first-order valence-corrected chi connectivity index (χ1v) is 15.3. The van der Waals surface area contributed by atoms with Gasteiger partial charge in [-0.05, 0) is 91.0 Å². The van der Waals surface area contributed by atoms with Crippen LogP contribution in [0.25, 0.3) is 10.8 Å². The van der Waals surface area contributed by atoms with E-state index < -0.39 is 30.1 Å². The fourth-order valence-corrected chi connectivity index (χ4v) is 8.05. The molecular weight excluding hydrogens is 528 g/mol. The van der Waals surface area contributed by atoms with Crippen molar-refractivity contribution in [2.24, 2.45) is 23.7 Å². The van der Waals surface area contributed by atoms with E-state index in [1.54, 1.807) is 6.92 Å². The van der Waals surface area contributed by atoms with Crippen LogP contribution in [0.4, 0.5) is 4.79 Å². The van der Waals surface area contributed by atoms with Crippen molar-refractivity contribution in [1.82, 2.24) is 10.2 Å². The van der Waals surface area contributed by atoms with Crippen molar-refractivity contribution >= 4 is 28.7 Å². The van der Waals surface area contributed by atoms with Gasteiger partial charge in [0.15, 0.2) is 0 Å². The lowest BCUT2D eigenvalue weighted by molar-refractivity contribution is -0.147. The molecule has 1 atom stereocenters. The maximum atomic E-state index is 14.3. The van der Waals surface area contributed by atoms with Crippen LogP contribution in [0.5, 0.6) is 0 Å². The van der Waals surface area contributed by atoms with E-state index >= 15 is 0 Å². The van der Waals surface area contributed by atoms with Gasteiger partial charge in [-0.25, -0.2) is 4.79 Å². The molecule has 0 radical (unpaired) electrons. The number of hydrogen-bond donors (Lipinski definition) is 2. The minimum atomic E-state index is -1.41. The molecule has 3 aromatic carbocycles. The number of fused-ring (bicyclic) bond motifs is 1. The van der Waals surface area contributed by atoms with Crippen LogP contribution in [0.1, 0.15) is 50.2 Å². The second-order valence-corrected chi connectivity index (χ2v) is 13.0. The average molecular weight is 569 g/mol. The molecule has 4 bridgehead atoms. The van der Waals surface area contributed by atoms with E-state index in [-0.39, 0.29) is 19.1 Å². The quantitative estimate of drug-likeness (QED) is 0.320. The number of amides is 2. The van der Waals surface area contributed by atoms with Gasteiger partial charge in [0.1, 0.15) is 18.2 Å². The molecule has 4 saturated carbocycles. The Morgan fingerprint density at radius 1 is 0.857 bits per heavy atom. The second kappa shape index (κ2) is 11.8. The van der Waals surface area contributed by atoms with Crippen LogP contribution in [0.15, 0.2) is 72.8 Å². The summed E-state index contributed by atoms with van der Waals surface area (Å²) in [6.07, 6.45) is 5.77. The first-order valence-electron chi connectivity index (χ1n) is 15.3. The van der Waals surface area contributed by atoms with Crippen molar-refractivity contribution in [1.29, 1.82) is 0 Å². The molecule has 2 N–H and O–H groups in total. The molecule has 4 fully saturated rings. The van der Waals surface area contributed by atoms with Gasteiger partial charge in [0.25, 0.3) is 0 Å². The van der Waals surface area contributed by atoms with Gasteiger partial charge >= 0.3 is 12.1 Å². The highest BCUT2D eigenvalue weighted by Crippen LogP contribution is 2.54. The summed E-state index contributed by atoms with van der Waals surface area (Å²) in [4.78, 5) is 41.0. The number of nitrogens with zero attached hydrogens (tertiary/aromatic N) is 1. The highest BCUT2D eigenvalue weighted by Gasteiger charge is 2.50. The Labute approximate surface area is 247 Å². The Morgan fingerprint density at radius 2 is 1.50 bits per heavy atom. The fraction of sp³-hybridized carbons (Fsp3) is 0.457. The number of benzene rings is 3. The number of carbonyl (C=O) groups is 3. The van der Waals surface area contributed by atoms with Gasteiger partial charge in [-0.3, -0.25) is 9.59 Å². The molecule has 0 heterocycles. The molecule has 7 heteroatoms. The van der Waals surface area contributed by atoms with E-state index in [2.05, 4.69) is 5.32 Å². The number of aliphatic carboxylic acids is 1. The molecular formula is C35H40N2O5. The fourth-order valence-electron chi connectivity index (χ4n) is 8.05. The zero-order chi connectivity index (χ0) is 29.3. The number of nitrogens with one attached hydrogen (secondary N) is 1. The maximum absolute atomic E-state index is 14.3. The molecule has 0 aromatic heterocycles. The summed E-state index contributed by atoms with van der Waals surface area (Å²) in [5.41, 5.74) is 0.474. The van der Waals surface area contributed by atoms with E-state index in [9.17, 15) is 19.5 Å². The third-order valence-electron chi connectivity index (χ3n) is 9.73. The van der Waals surface area contributed by atoms with E-state index in [1.165, 1.54) is 11.3 Å². The van der Waals surface area contributed by atoms with Crippen LogP contribution >= 0.6 is 0 Å². The predicted molar refractivity (Wildman–Crippen MR) is 161 cm³/mol. The molecule has 2 amide bonds. The van der Waals surface area contributed by atoms with Crippen molar-refractivity contribution < 1.29 is 24.2 Å². The molecule has 4 aliphatic carbocycles. The monoisotopic (exact) mass is 568 g/mol. The number of carbonyl (C=O) groups excluding carboxylic acids is 2. The van der Waals surface area contributed by atoms with Crippen molar-refractivity contribution in [3.8, 4) is 0 Å². The third-order valence-corrected chi connectivity index (χ3v) is 9.73. The first kappa shape index (κ1) is 28.3. The highest BCUT2D eigenvalue weighted by atomic mass is 16.6. The van der Waals surface area contributed by atoms with Crippen LogP contribution in [0.2, 0.25) is 0 Å². The summed E-state index contributed by atoms with van der Waals surface area (Å²) in [7, 11) is 0. The van der Waals surface area contributed by atoms with Crippen LogP contribution in [-0.2, 0) is 27.2 Å². The zero-order valence-corrected chi connectivity index (χ0v) is 24.2. The van der Waals surface area contributed by atoms with Crippen LogP contribution < -0.4 is 5.32 Å². The largest absolute Gasteiger partial charge is 0.480 e. The van der Waals surface area contributed by atoms with E-state index in [0.717, 1.165) is 59.4 Å². The SMILES string of the molecule is CC(Cc1ccc2ccccc2c1)(NC(=O)OC1C2CC3CC(C2)CC1C3)C(=O)N(CCc1ccccc1)CC(=O)O. The van der Waals surface area contributed by atoms with Crippen molar-refractivity contribution in [2.75, 3.05) is 13.1 Å². The first-order chi connectivity index (χ1) is 20.3. The number of carboxylic acid groups (broad SMARTS) is 1. The molecule has 3 aromatic rings. The van der Waals surface area contributed by atoms with Gasteiger partial charge in [-0.1, -0.05) is 72.8 Å². The normalized spacial score (nSPS) is 25.5. The van der Waals surface area contributed by atoms with Crippen LogP contribution in [0.3, 0.4) is 0 Å². The van der Waals surface area contributed by atoms with E-state index in [4.69, 9.17) is 4.74 Å². The highest BCUT2D eigenvalue weighted by molar-refractivity contribution is 5.92. The summed E-state index contributed by atoms with van der Waals surface area (Å²) in [6, 6.07) is 23.7. The molecule has 0 saturated heterocycles. The summed E-state index contributed by atoms with van der Waals surface area (Å²) in [6.45, 7) is 1.46. The number of carboxylic acids is 1. The number of rotatable bonds is 10. The van der Waals surface area contributed by atoms with Gasteiger partial charge in [-0.15, -0.1) is 0 Å². The third kappa shape index (κ3) is 6.15. The number of ether oxygens (including phenoxy) is 1. The van der Waals surface area contributed by atoms with Gasteiger partial charge in [0, 0.05) is 13.0 Å². The minimum absolute atomic E-state index is 0.119. The molecule has 42 heavy (non-hydrogen) atoms. The molecule has 0 spiro atoms. The lowest BCUT2D eigenvalue weighted by Gasteiger charge is -2.53. The summed E-state index contributed by atoms with van der Waals surface area (Å²) < 4.78 is 6.13. The van der Waals surface area contributed by atoms with Gasteiger partial charge < -0.3 is 20.1 Å². The molecule has 4 aliphatic rings. The van der Waals surface area contributed by atoms with Gasteiger partial charge in [-0.2, -0.15) is 0 Å². The summed E-state index contributed by atoms with van der Waals surface area (Å²) in [5.74, 6) is 0.762. The molecule has 7 rings (SSSR count). The number of hydrogen-bond acceptors (Lipinski definition) is 4.